The molecule has 0 aliphatic heterocycles. The molecule has 1 atom stereocenters. The summed E-state index contributed by atoms with van der Waals surface area (Å²) in [5, 5.41) is 0. The summed E-state index contributed by atoms with van der Waals surface area (Å²) in [4.78, 5) is 0. The van der Waals surface area contributed by atoms with Gasteiger partial charge < -0.3 is 0 Å². The molecule has 0 bridgehead atoms. The third-order valence-corrected chi connectivity index (χ3v) is 4.85. The van der Waals surface area contributed by atoms with Crippen LogP contribution in [-0.2, 0) is 22.2 Å². The SMILES string of the molecule is CC(CCc1ccccc1)NS(=O)(=O)Cc1ccccc1F. The van der Waals surface area contributed by atoms with E-state index in [1.165, 1.54) is 17.7 Å². The largest absolute Gasteiger partial charge is 0.216 e. The van der Waals surface area contributed by atoms with Crippen LogP contribution in [0.1, 0.15) is 24.5 Å². The first-order valence-electron chi connectivity index (χ1n) is 7.23. The van der Waals surface area contributed by atoms with Gasteiger partial charge in [0, 0.05) is 11.6 Å². The van der Waals surface area contributed by atoms with Crippen LogP contribution in [0, 0.1) is 5.82 Å². The second-order valence-electron chi connectivity index (χ2n) is 5.39. The molecule has 0 heterocycles. The number of halogens is 1. The Morgan fingerprint density at radius 3 is 2.36 bits per heavy atom. The average molecular weight is 321 g/mol. The van der Waals surface area contributed by atoms with Crippen LogP contribution in [0.15, 0.2) is 54.6 Å². The minimum absolute atomic E-state index is 0.185. The Labute approximate surface area is 131 Å². The molecule has 0 saturated carbocycles. The molecule has 3 nitrogen and oxygen atoms in total. The zero-order valence-electron chi connectivity index (χ0n) is 12.5. The summed E-state index contributed by atoms with van der Waals surface area (Å²) in [6, 6.07) is 15.6. The van der Waals surface area contributed by atoms with E-state index < -0.39 is 15.8 Å². The first-order valence-corrected chi connectivity index (χ1v) is 8.89. The molecule has 0 aliphatic rings. The van der Waals surface area contributed by atoms with Crippen molar-refractivity contribution in [2.75, 3.05) is 0 Å². The van der Waals surface area contributed by atoms with Crippen molar-refractivity contribution in [3.05, 3.63) is 71.5 Å². The highest BCUT2D eigenvalue weighted by Crippen LogP contribution is 2.11. The third kappa shape index (κ3) is 5.24. The standard InChI is InChI=1S/C17H20FNO2S/c1-14(11-12-15-7-3-2-4-8-15)19-22(20,21)13-16-9-5-6-10-17(16)18/h2-10,14,19H,11-13H2,1H3. The van der Waals surface area contributed by atoms with Gasteiger partial charge in [-0.15, -0.1) is 0 Å². The minimum atomic E-state index is -3.55. The van der Waals surface area contributed by atoms with Gasteiger partial charge in [0.15, 0.2) is 0 Å². The van der Waals surface area contributed by atoms with Crippen molar-refractivity contribution < 1.29 is 12.8 Å². The first kappa shape index (κ1) is 16.6. The second-order valence-corrected chi connectivity index (χ2v) is 7.15. The molecule has 0 spiro atoms. The molecule has 0 fully saturated rings. The van der Waals surface area contributed by atoms with Crippen molar-refractivity contribution in [1.82, 2.24) is 4.72 Å². The fourth-order valence-corrected chi connectivity index (χ4v) is 3.71. The highest BCUT2D eigenvalue weighted by Gasteiger charge is 2.17. The summed E-state index contributed by atoms with van der Waals surface area (Å²) < 4.78 is 40.3. The molecule has 118 valence electrons. The average Bonchev–Trinajstić information content (AvgIpc) is 2.48. The zero-order valence-corrected chi connectivity index (χ0v) is 13.3. The van der Waals surface area contributed by atoms with Crippen molar-refractivity contribution in [3.8, 4) is 0 Å². The number of aryl methyl sites for hydroxylation is 1. The number of hydrogen-bond acceptors (Lipinski definition) is 2. The van der Waals surface area contributed by atoms with Gasteiger partial charge >= 0.3 is 0 Å². The van der Waals surface area contributed by atoms with Crippen LogP contribution in [0.5, 0.6) is 0 Å². The van der Waals surface area contributed by atoms with Crippen LogP contribution in [0.4, 0.5) is 4.39 Å². The molecule has 0 radical (unpaired) electrons. The predicted octanol–water partition coefficient (Wildman–Crippen LogP) is 3.27. The van der Waals surface area contributed by atoms with Gasteiger partial charge in [-0.2, -0.15) is 0 Å². The maximum atomic E-state index is 13.5. The Bertz CT molecular complexity index is 702. The summed E-state index contributed by atoms with van der Waals surface area (Å²) in [5.74, 6) is -0.833. The normalized spacial score (nSPS) is 13.0. The number of benzene rings is 2. The van der Waals surface area contributed by atoms with E-state index in [1.54, 1.807) is 12.1 Å². The number of nitrogens with one attached hydrogen (secondary N) is 1. The van der Waals surface area contributed by atoms with Gasteiger partial charge in [-0.3, -0.25) is 0 Å². The first-order chi connectivity index (χ1) is 10.5. The van der Waals surface area contributed by atoms with Gasteiger partial charge in [0.05, 0.1) is 5.75 Å². The highest BCUT2D eigenvalue weighted by atomic mass is 32.2. The molecule has 1 unspecified atom stereocenters. The number of sulfonamides is 1. The molecule has 2 aromatic carbocycles. The lowest BCUT2D eigenvalue weighted by Crippen LogP contribution is -2.34. The zero-order chi connectivity index (χ0) is 16.0. The molecule has 0 saturated heterocycles. The number of rotatable bonds is 7. The fraction of sp³-hybridized carbons (Fsp3) is 0.294. The van der Waals surface area contributed by atoms with Gasteiger partial charge in [-0.05, 0) is 31.4 Å². The van der Waals surface area contributed by atoms with E-state index >= 15 is 0 Å². The van der Waals surface area contributed by atoms with Crippen molar-refractivity contribution in [2.24, 2.45) is 0 Å². The minimum Gasteiger partial charge on any atom is -0.212 e. The van der Waals surface area contributed by atoms with Crippen LogP contribution < -0.4 is 4.72 Å². The summed E-state index contributed by atoms with van der Waals surface area (Å²) in [6.45, 7) is 1.82. The maximum Gasteiger partial charge on any atom is 0.216 e. The molecular weight excluding hydrogens is 301 g/mol. The molecule has 5 heteroatoms. The molecule has 0 aromatic heterocycles. The molecule has 2 rings (SSSR count). The van der Waals surface area contributed by atoms with E-state index in [9.17, 15) is 12.8 Å². The van der Waals surface area contributed by atoms with Gasteiger partial charge in [-0.1, -0.05) is 48.5 Å². The van der Waals surface area contributed by atoms with Crippen molar-refractivity contribution in [1.29, 1.82) is 0 Å². The Balaban J connectivity index is 1.90. The number of hydrogen-bond donors (Lipinski definition) is 1. The Morgan fingerprint density at radius 1 is 1.05 bits per heavy atom. The molecule has 2 aromatic rings. The van der Waals surface area contributed by atoms with Crippen molar-refractivity contribution >= 4 is 10.0 Å². The predicted molar refractivity (Wildman–Crippen MR) is 86.4 cm³/mol. The molecule has 22 heavy (non-hydrogen) atoms. The monoisotopic (exact) mass is 321 g/mol. The quantitative estimate of drug-likeness (QED) is 0.851. The fourth-order valence-electron chi connectivity index (χ4n) is 2.26. The van der Waals surface area contributed by atoms with Gasteiger partial charge in [0.1, 0.15) is 5.82 Å². The van der Waals surface area contributed by atoms with E-state index in [0.717, 1.165) is 6.42 Å². The van der Waals surface area contributed by atoms with E-state index in [4.69, 9.17) is 0 Å². The molecular formula is C17H20FNO2S. The van der Waals surface area contributed by atoms with Crippen LogP contribution in [0.2, 0.25) is 0 Å². The lowest BCUT2D eigenvalue weighted by molar-refractivity contribution is 0.543. The lowest BCUT2D eigenvalue weighted by Gasteiger charge is -2.14. The summed E-state index contributed by atoms with van der Waals surface area (Å²) in [6.07, 6.45) is 1.49. The third-order valence-electron chi connectivity index (χ3n) is 3.39. The van der Waals surface area contributed by atoms with E-state index in [2.05, 4.69) is 4.72 Å². The maximum absolute atomic E-state index is 13.5. The highest BCUT2D eigenvalue weighted by molar-refractivity contribution is 7.88. The van der Waals surface area contributed by atoms with Gasteiger partial charge in [-0.25, -0.2) is 17.5 Å². The molecule has 1 N–H and O–H groups in total. The van der Waals surface area contributed by atoms with Crippen molar-refractivity contribution in [2.45, 2.75) is 31.6 Å². The van der Waals surface area contributed by atoms with E-state index in [0.29, 0.717) is 6.42 Å². The Kier molecular flexibility index (Phi) is 5.69. The summed E-state index contributed by atoms with van der Waals surface area (Å²) in [5.41, 5.74) is 1.35. The lowest BCUT2D eigenvalue weighted by atomic mass is 10.1. The van der Waals surface area contributed by atoms with E-state index in [-0.39, 0.29) is 17.4 Å². The molecule has 0 amide bonds. The van der Waals surface area contributed by atoms with Gasteiger partial charge in [0.2, 0.25) is 10.0 Å². The van der Waals surface area contributed by atoms with E-state index in [1.807, 2.05) is 37.3 Å². The van der Waals surface area contributed by atoms with Crippen LogP contribution in [-0.4, -0.2) is 14.5 Å². The smallest absolute Gasteiger partial charge is 0.212 e. The Morgan fingerprint density at radius 2 is 1.68 bits per heavy atom. The Hall–Kier alpha value is -1.72. The topological polar surface area (TPSA) is 46.2 Å². The molecule has 0 aliphatic carbocycles. The van der Waals surface area contributed by atoms with Crippen molar-refractivity contribution in [3.63, 3.8) is 0 Å². The summed E-state index contributed by atoms with van der Waals surface area (Å²) in [7, 11) is -3.55. The van der Waals surface area contributed by atoms with Crippen LogP contribution in [0.25, 0.3) is 0 Å². The van der Waals surface area contributed by atoms with Crippen LogP contribution in [0.3, 0.4) is 0 Å². The second kappa shape index (κ2) is 7.51. The van der Waals surface area contributed by atoms with Gasteiger partial charge in [0.25, 0.3) is 0 Å². The van der Waals surface area contributed by atoms with Crippen LogP contribution >= 0.6 is 0 Å². The summed E-state index contributed by atoms with van der Waals surface area (Å²) >= 11 is 0.